The van der Waals surface area contributed by atoms with E-state index in [0.29, 0.717) is 11.8 Å². The predicted octanol–water partition coefficient (Wildman–Crippen LogP) is 3.02. The van der Waals surface area contributed by atoms with Crippen molar-refractivity contribution in [2.75, 3.05) is 0 Å². The van der Waals surface area contributed by atoms with E-state index in [1.165, 1.54) is 5.57 Å². The van der Waals surface area contributed by atoms with E-state index < -0.39 is 6.10 Å². The molecule has 4 aliphatic rings. The molecule has 23 heavy (non-hydrogen) atoms. The highest BCUT2D eigenvalue weighted by atomic mass is 79.9. The Kier molecular flexibility index (Phi) is 3.81. The van der Waals surface area contributed by atoms with Crippen molar-refractivity contribution in [3.05, 3.63) is 11.6 Å². The summed E-state index contributed by atoms with van der Waals surface area (Å²) in [4.78, 5) is 0.148. The number of rotatable bonds is 0. The maximum absolute atomic E-state index is 10.9. The lowest BCUT2D eigenvalue weighted by Crippen LogP contribution is -2.55. The van der Waals surface area contributed by atoms with Crippen molar-refractivity contribution < 1.29 is 15.3 Å². The van der Waals surface area contributed by atoms with Crippen LogP contribution in [0, 0.1) is 28.6 Å². The second-order valence-electron chi connectivity index (χ2n) is 9.03. The third kappa shape index (κ3) is 2.17. The Balaban J connectivity index is 1.73. The van der Waals surface area contributed by atoms with Gasteiger partial charge >= 0.3 is 0 Å². The van der Waals surface area contributed by atoms with Gasteiger partial charge < -0.3 is 15.3 Å². The van der Waals surface area contributed by atoms with Gasteiger partial charge in [-0.15, -0.1) is 0 Å². The van der Waals surface area contributed by atoms with Crippen LogP contribution in [-0.2, 0) is 0 Å². The molecule has 0 aromatic heterocycles. The van der Waals surface area contributed by atoms with Crippen LogP contribution < -0.4 is 0 Å². The van der Waals surface area contributed by atoms with E-state index in [1.54, 1.807) is 0 Å². The van der Waals surface area contributed by atoms with Gasteiger partial charge in [0.1, 0.15) is 0 Å². The fourth-order valence-corrected chi connectivity index (χ4v) is 7.58. The number of aliphatic hydroxyl groups is 3. The first kappa shape index (κ1) is 16.6. The molecule has 4 rings (SSSR count). The van der Waals surface area contributed by atoms with Crippen LogP contribution in [0.1, 0.15) is 52.4 Å². The molecule has 9 atom stereocenters. The molecule has 4 aliphatic carbocycles. The Hall–Kier alpha value is 0.1000. The van der Waals surface area contributed by atoms with E-state index in [4.69, 9.17) is 0 Å². The highest BCUT2D eigenvalue weighted by Gasteiger charge is 2.62. The number of aliphatic hydroxyl groups excluding tert-OH is 3. The van der Waals surface area contributed by atoms with Gasteiger partial charge in [-0.05, 0) is 67.1 Å². The van der Waals surface area contributed by atoms with Crippen molar-refractivity contribution in [3.8, 4) is 0 Å². The summed E-state index contributed by atoms with van der Waals surface area (Å²) in [5, 5.41) is 31.6. The summed E-state index contributed by atoms with van der Waals surface area (Å²) in [5.41, 5.74) is 1.33. The van der Waals surface area contributed by atoms with Crippen LogP contribution in [0.3, 0.4) is 0 Å². The number of hydrogen-bond acceptors (Lipinski definition) is 3. The Morgan fingerprint density at radius 3 is 2.57 bits per heavy atom. The summed E-state index contributed by atoms with van der Waals surface area (Å²) in [6, 6.07) is 0. The minimum atomic E-state index is -0.428. The molecule has 0 amide bonds. The fourth-order valence-electron chi connectivity index (χ4n) is 6.58. The van der Waals surface area contributed by atoms with Crippen LogP contribution in [0.5, 0.6) is 0 Å². The van der Waals surface area contributed by atoms with Crippen molar-refractivity contribution >= 4 is 15.9 Å². The van der Waals surface area contributed by atoms with Crippen LogP contribution in [0.2, 0.25) is 0 Å². The van der Waals surface area contributed by atoms with Crippen molar-refractivity contribution in [2.24, 2.45) is 28.6 Å². The molecule has 0 radical (unpaired) electrons. The maximum atomic E-state index is 10.9. The molecule has 0 unspecified atom stereocenters. The van der Waals surface area contributed by atoms with Crippen LogP contribution in [0.15, 0.2) is 11.6 Å². The van der Waals surface area contributed by atoms with Crippen LogP contribution >= 0.6 is 15.9 Å². The molecule has 0 heterocycles. The molecule has 3 fully saturated rings. The van der Waals surface area contributed by atoms with E-state index in [0.717, 1.165) is 38.5 Å². The second kappa shape index (κ2) is 5.30. The normalized spacial score (nSPS) is 58.9. The molecule has 3 nitrogen and oxygen atoms in total. The van der Waals surface area contributed by atoms with Crippen molar-refractivity contribution in [1.82, 2.24) is 0 Å². The van der Waals surface area contributed by atoms with Gasteiger partial charge in [0.05, 0.1) is 18.3 Å². The van der Waals surface area contributed by atoms with Gasteiger partial charge in [0.15, 0.2) is 0 Å². The zero-order chi connectivity index (χ0) is 16.6. The summed E-state index contributed by atoms with van der Waals surface area (Å²) >= 11 is 3.68. The number of hydrogen-bond donors (Lipinski definition) is 3. The van der Waals surface area contributed by atoms with Crippen molar-refractivity contribution in [2.45, 2.75) is 75.5 Å². The highest BCUT2D eigenvalue weighted by molar-refractivity contribution is 9.09. The maximum Gasteiger partial charge on any atom is 0.0757 e. The third-order valence-corrected chi connectivity index (χ3v) is 8.91. The molecule has 0 aromatic rings. The molecule has 0 spiro atoms. The molecule has 4 heteroatoms. The monoisotopic (exact) mass is 384 g/mol. The summed E-state index contributed by atoms with van der Waals surface area (Å²) in [6.45, 7) is 4.58. The number of fused-ring (bicyclic) bond motifs is 5. The highest BCUT2D eigenvalue weighted by Crippen LogP contribution is 2.65. The molecular formula is C19H29BrO3. The molecule has 0 bridgehead atoms. The molecule has 0 aromatic carbocycles. The van der Waals surface area contributed by atoms with E-state index in [-0.39, 0.29) is 33.8 Å². The SMILES string of the molecule is C[C@]12CC[C@H]3[C@@H]([C@H](O)C=C4C[C@@H](O)CC[C@@]43C)[C@@H]1C[C@@H](Br)[C@@H]2O. The third-order valence-electron chi connectivity index (χ3n) is 8.04. The lowest BCUT2D eigenvalue weighted by Gasteiger charge is -2.58. The minimum Gasteiger partial charge on any atom is -0.393 e. The van der Waals surface area contributed by atoms with Crippen LogP contribution in [0.4, 0.5) is 0 Å². The lowest BCUT2D eigenvalue weighted by atomic mass is 9.47. The molecule has 130 valence electrons. The topological polar surface area (TPSA) is 60.7 Å². The standard InChI is InChI=1S/C19H29BrO3/c1-18-5-3-11(21)7-10(18)8-15(22)16-12(18)4-6-19(2)13(16)9-14(20)17(19)23/h8,11-17,21-23H,3-7,9H2,1-2H3/t11-,12-,13-,14+,15+,16+,17-,18-,19-/m0/s1. The van der Waals surface area contributed by atoms with Gasteiger partial charge in [-0.25, -0.2) is 0 Å². The van der Waals surface area contributed by atoms with Gasteiger partial charge in [-0.1, -0.05) is 41.4 Å². The predicted molar refractivity (Wildman–Crippen MR) is 93.2 cm³/mol. The van der Waals surface area contributed by atoms with E-state index in [2.05, 4.69) is 35.9 Å². The lowest BCUT2D eigenvalue weighted by molar-refractivity contribution is -0.105. The first-order valence-electron chi connectivity index (χ1n) is 9.17. The van der Waals surface area contributed by atoms with Crippen LogP contribution in [0.25, 0.3) is 0 Å². The zero-order valence-corrected chi connectivity index (χ0v) is 15.7. The summed E-state index contributed by atoms with van der Waals surface area (Å²) < 4.78 is 0. The Morgan fingerprint density at radius 1 is 1.09 bits per heavy atom. The largest absolute Gasteiger partial charge is 0.393 e. The summed E-state index contributed by atoms with van der Waals surface area (Å²) in [6.07, 6.45) is 6.78. The van der Waals surface area contributed by atoms with E-state index in [1.807, 2.05) is 0 Å². The van der Waals surface area contributed by atoms with Crippen molar-refractivity contribution in [3.63, 3.8) is 0 Å². The molecule has 3 saturated carbocycles. The number of alkyl halides is 1. The second-order valence-corrected chi connectivity index (χ2v) is 10.2. The quantitative estimate of drug-likeness (QED) is 0.444. The Labute approximate surface area is 147 Å². The van der Waals surface area contributed by atoms with Gasteiger partial charge in [0.2, 0.25) is 0 Å². The smallest absolute Gasteiger partial charge is 0.0757 e. The van der Waals surface area contributed by atoms with Gasteiger partial charge in [-0.2, -0.15) is 0 Å². The van der Waals surface area contributed by atoms with Crippen LogP contribution in [-0.4, -0.2) is 38.5 Å². The van der Waals surface area contributed by atoms with Crippen molar-refractivity contribution in [1.29, 1.82) is 0 Å². The van der Waals surface area contributed by atoms with Gasteiger partial charge in [0, 0.05) is 4.83 Å². The zero-order valence-electron chi connectivity index (χ0n) is 14.1. The summed E-state index contributed by atoms with van der Waals surface area (Å²) in [5.74, 6) is 1.10. The first-order valence-corrected chi connectivity index (χ1v) is 10.1. The summed E-state index contributed by atoms with van der Waals surface area (Å²) in [7, 11) is 0. The molecular weight excluding hydrogens is 356 g/mol. The van der Waals surface area contributed by atoms with Gasteiger partial charge in [-0.3, -0.25) is 0 Å². The van der Waals surface area contributed by atoms with Gasteiger partial charge in [0.25, 0.3) is 0 Å². The average molecular weight is 385 g/mol. The molecule has 0 aliphatic heterocycles. The van der Waals surface area contributed by atoms with E-state index in [9.17, 15) is 15.3 Å². The van der Waals surface area contributed by atoms with E-state index >= 15 is 0 Å². The average Bonchev–Trinajstić information content (AvgIpc) is 2.73. The fraction of sp³-hybridized carbons (Fsp3) is 0.895. The molecule has 0 saturated heterocycles. The Bertz CT molecular complexity index is 535. The first-order chi connectivity index (χ1) is 10.8. The minimum absolute atomic E-state index is 0.0772. The Morgan fingerprint density at radius 2 is 1.83 bits per heavy atom. The number of halogens is 1. The molecule has 3 N–H and O–H groups in total.